The summed E-state index contributed by atoms with van der Waals surface area (Å²) >= 11 is 0. The fourth-order valence-electron chi connectivity index (χ4n) is 1.82. The number of hydrogen-bond acceptors (Lipinski definition) is 3. The van der Waals surface area contributed by atoms with Gasteiger partial charge >= 0.3 is 0 Å². The highest BCUT2D eigenvalue weighted by atomic mass is 16.5. The van der Waals surface area contributed by atoms with Gasteiger partial charge in [0.05, 0.1) is 12.6 Å². The number of benzene rings is 1. The molecule has 1 aromatic rings. The summed E-state index contributed by atoms with van der Waals surface area (Å²) in [4.78, 5) is 0. The maximum Gasteiger partial charge on any atom is 0.123 e. The standard InChI is InChI=1S/C15H25NO2/c1-15(2,3)13-8-6-7-9-14(13)18-11-12(16-4)10-17-5/h6-9,12,16H,10-11H2,1-5H3. The second kappa shape index (κ2) is 6.76. The van der Waals surface area contributed by atoms with Crippen LogP contribution >= 0.6 is 0 Å². The summed E-state index contributed by atoms with van der Waals surface area (Å²) < 4.78 is 11.1. The fraction of sp³-hybridized carbons (Fsp3) is 0.600. The van der Waals surface area contributed by atoms with Gasteiger partial charge in [-0.15, -0.1) is 0 Å². The van der Waals surface area contributed by atoms with Crippen molar-refractivity contribution in [3.05, 3.63) is 29.8 Å². The molecule has 1 unspecified atom stereocenters. The molecule has 1 rings (SSSR count). The van der Waals surface area contributed by atoms with Crippen molar-refractivity contribution in [2.75, 3.05) is 27.4 Å². The monoisotopic (exact) mass is 251 g/mol. The molecule has 0 heterocycles. The smallest absolute Gasteiger partial charge is 0.123 e. The minimum absolute atomic E-state index is 0.0903. The Labute approximate surface area is 110 Å². The lowest BCUT2D eigenvalue weighted by molar-refractivity contribution is 0.139. The Morgan fingerprint density at radius 1 is 1.17 bits per heavy atom. The highest BCUT2D eigenvalue weighted by molar-refractivity contribution is 5.38. The van der Waals surface area contributed by atoms with Crippen LogP contribution in [0.25, 0.3) is 0 Å². The SMILES string of the molecule is CNC(COC)COc1ccccc1C(C)(C)C. The number of nitrogens with one attached hydrogen (secondary N) is 1. The molecular weight excluding hydrogens is 226 g/mol. The number of likely N-dealkylation sites (N-methyl/N-ethyl adjacent to an activating group) is 1. The summed E-state index contributed by atoms with van der Waals surface area (Å²) in [5.41, 5.74) is 1.32. The number of para-hydroxylation sites is 1. The number of methoxy groups -OCH3 is 1. The number of rotatable bonds is 6. The van der Waals surface area contributed by atoms with Crippen molar-refractivity contribution in [2.45, 2.75) is 32.2 Å². The van der Waals surface area contributed by atoms with Gasteiger partial charge in [0.15, 0.2) is 0 Å². The highest BCUT2D eigenvalue weighted by Gasteiger charge is 2.19. The Morgan fingerprint density at radius 3 is 2.39 bits per heavy atom. The Morgan fingerprint density at radius 2 is 1.83 bits per heavy atom. The maximum absolute atomic E-state index is 5.93. The van der Waals surface area contributed by atoms with Crippen LogP contribution < -0.4 is 10.1 Å². The van der Waals surface area contributed by atoms with Gasteiger partial charge in [0.1, 0.15) is 12.4 Å². The molecule has 18 heavy (non-hydrogen) atoms. The van der Waals surface area contributed by atoms with Crippen molar-refractivity contribution in [1.82, 2.24) is 5.32 Å². The largest absolute Gasteiger partial charge is 0.492 e. The van der Waals surface area contributed by atoms with Crippen molar-refractivity contribution >= 4 is 0 Å². The molecule has 0 fully saturated rings. The molecule has 0 aliphatic carbocycles. The first-order valence-electron chi connectivity index (χ1n) is 6.37. The predicted molar refractivity (Wildman–Crippen MR) is 75.4 cm³/mol. The molecule has 1 atom stereocenters. The van der Waals surface area contributed by atoms with E-state index in [1.54, 1.807) is 7.11 Å². The molecule has 1 N–H and O–H groups in total. The van der Waals surface area contributed by atoms with E-state index in [1.807, 2.05) is 19.2 Å². The van der Waals surface area contributed by atoms with Gasteiger partial charge in [0.25, 0.3) is 0 Å². The zero-order valence-corrected chi connectivity index (χ0v) is 12.1. The van der Waals surface area contributed by atoms with Crippen molar-refractivity contribution in [2.24, 2.45) is 0 Å². The van der Waals surface area contributed by atoms with Gasteiger partial charge in [-0.3, -0.25) is 0 Å². The van der Waals surface area contributed by atoms with Gasteiger partial charge in [-0.2, -0.15) is 0 Å². The lowest BCUT2D eigenvalue weighted by atomic mass is 9.86. The van der Waals surface area contributed by atoms with Crippen LogP contribution in [0.4, 0.5) is 0 Å². The van der Waals surface area contributed by atoms with Crippen LogP contribution in [0.15, 0.2) is 24.3 Å². The van der Waals surface area contributed by atoms with E-state index >= 15 is 0 Å². The third-order valence-corrected chi connectivity index (χ3v) is 2.91. The number of ether oxygens (including phenoxy) is 2. The molecule has 0 aliphatic heterocycles. The highest BCUT2D eigenvalue weighted by Crippen LogP contribution is 2.30. The maximum atomic E-state index is 5.93. The van der Waals surface area contributed by atoms with Gasteiger partial charge < -0.3 is 14.8 Å². The van der Waals surface area contributed by atoms with E-state index in [1.165, 1.54) is 5.56 Å². The summed E-state index contributed by atoms with van der Waals surface area (Å²) in [6.45, 7) is 7.84. The summed E-state index contributed by atoms with van der Waals surface area (Å²) in [5.74, 6) is 0.960. The minimum atomic E-state index is 0.0903. The Balaban J connectivity index is 2.73. The fourth-order valence-corrected chi connectivity index (χ4v) is 1.82. The normalized spacial score (nSPS) is 13.4. The molecule has 0 aliphatic rings. The van der Waals surface area contributed by atoms with Crippen molar-refractivity contribution < 1.29 is 9.47 Å². The van der Waals surface area contributed by atoms with Gasteiger partial charge in [0, 0.05) is 7.11 Å². The molecule has 0 bridgehead atoms. The van der Waals surface area contributed by atoms with Crippen LogP contribution in [0, 0.1) is 0 Å². The van der Waals surface area contributed by atoms with E-state index in [2.05, 4.69) is 38.2 Å². The molecule has 0 aromatic heterocycles. The molecule has 0 radical (unpaired) electrons. The molecule has 1 aromatic carbocycles. The zero-order chi connectivity index (χ0) is 13.6. The Kier molecular flexibility index (Phi) is 5.63. The second-order valence-electron chi connectivity index (χ2n) is 5.50. The Hall–Kier alpha value is -1.06. The first-order chi connectivity index (χ1) is 8.49. The van der Waals surface area contributed by atoms with Crippen molar-refractivity contribution in [3.63, 3.8) is 0 Å². The molecule has 0 amide bonds. The van der Waals surface area contributed by atoms with Crippen LogP contribution in [-0.4, -0.2) is 33.4 Å². The number of hydrogen-bond donors (Lipinski definition) is 1. The van der Waals surface area contributed by atoms with Gasteiger partial charge in [0.2, 0.25) is 0 Å². The average molecular weight is 251 g/mol. The average Bonchev–Trinajstić information content (AvgIpc) is 2.33. The molecular formula is C15H25NO2. The summed E-state index contributed by atoms with van der Waals surface area (Å²) in [7, 11) is 3.62. The van der Waals surface area contributed by atoms with Gasteiger partial charge in [-0.05, 0) is 24.1 Å². The van der Waals surface area contributed by atoms with E-state index in [4.69, 9.17) is 9.47 Å². The molecule has 3 heteroatoms. The summed E-state index contributed by atoms with van der Waals surface area (Å²) in [6.07, 6.45) is 0. The van der Waals surface area contributed by atoms with Crippen LogP contribution in [0.5, 0.6) is 5.75 Å². The van der Waals surface area contributed by atoms with Gasteiger partial charge in [-0.1, -0.05) is 39.0 Å². The summed E-state index contributed by atoms with van der Waals surface area (Å²) in [6, 6.07) is 8.43. The molecule has 102 valence electrons. The van der Waals surface area contributed by atoms with E-state index in [9.17, 15) is 0 Å². The first kappa shape index (κ1) is 15.0. The first-order valence-corrected chi connectivity index (χ1v) is 6.37. The lowest BCUT2D eigenvalue weighted by Crippen LogP contribution is -2.36. The lowest BCUT2D eigenvalue weighted by Gasteiger charge is -2.24. The van der Waals surface area contributed by atoms with Crippen LogP contribution in [-0.2, 0) is 10.2 Å². The van der Waals surface area contributed by atoms with Crippen LogP contribution in [0.1, 0.15) is 26.3 Å². The molecule has 0 spiro atoms. The molecule has 3 nitrogen and oxygen atoms in total. The van der Waals surface area contributed by atoms with Gasteiger partial charge in [-0.25, -0.2) is 0 Å². The van der Waals surface area contributed by atoms with Crippen LogP contribution in [0.3, 0.4) is 0 Å². The topological polar surface area (TPSA) is 30.5 Å². The Bertz CT molecular complexity index is 358. The second-order valence-corrected chi connectivity index (χ2v) is 5.50. The zero-order valence-electron chi connectivity index (χ0n) is 12.1. The molecule has 0 saturated heterocycles. The van der Waals surface area contributed by atoms with Crippen LogP contribution in [0.2, 0.25) is 0 Å². The third kappa shape index (κ3) is 4.31. The minimum Gasteiger partial charge on any atom is -0.492 e. The molecule has 0 saturated carbocycles. The van der Waals surface area contributed by atoms with Crippen molar-refractivity contribution in [1.29, 1.82) is 0 Å². The van der Waals surface area contributed by atoms with E-state index in [0.717, 1.165) is 5.75 Å². The quantitative estimate of drug-likeness (QED) is 0.843. The van der Waals surface area contributed by atoms with E-state index in [0.29, 0.717) is 13.2 Å². The van der Waals surface area contributed by atoms with E-state index < -0.39 is 0 Å². The van der Waals surface area contributed by atoms with E-state index in [-0.39, 0.29) is 11.5 Å². The predicted octanol–water partition coefficient (Wildman–Crippen LogP) is 2.60. The summed E-state index contributed by atoms with van der Waals surface area (Å²) in [5, 5.41) is 3.18. The third-order valence-electron chi connectivity index (χ3n) is 2.91. The van der Waals surface area contributed by atoms with Crippen molar-refractivity contribution in [3.8, 4) is 5.75 Å².